The third kappa shape index (κ3) is 2.42. The van der Waals surface area contributed by atoms with E-state index in [1.54, 1.807) is 6.07 Å². The van der Waals surface area contributed by atoms with E-state index in [0.717, 1.165) is 0 Å². The number of aldehydes is 1. The lowest BCUT2D eigenvalue weighted by Gasteiger charge is -2.01. The Kier molecular flexibility index (Phi) is 3.84. The number of carbonyl (C=O) groups excluding carboxylic acids is 1. The summed E-state index contributed by atoms with van der Waals surface area (Å²) < 4.78 is 13.2. The van der Waals surface area contributed by atoms with Crippen molar-refractivity contribution in [2.24, 2.45) is 0 Å². The van der Waals surface area contributed by atoms with Crippen LogP contribution in [0.5, 0.6) is 0 Å². The fraction of sp³-hybridized carbons (Fsp3) is 0.182. The van der Waals surface area contributed by atoms with E-state index in [1.807, 2.05) is 6.92 Å². The van der Waals surface area contributed by atoms with Crippen LogP contribution in [0.15, 0.2) is 23.8 Å². The first kappa shape index (κ1) is 10.9. The molecule has 1 nitrogen and oxygen atoms in total. The minimum absolute atomic E-state index is 0.276. The maximum atomic E-state index is 13.2. The summed E-state index contributed by atoms with van der Waals surface area (Å²) in [5, 5.41) is 0.317. The largest absolute Gasteiger partial charge is 0.298 e. The van der Waals surface area contributed by atoms with Crippen molar-refractivity contribution in [3.8, 4) is 0 Å². The number of rotatable bonds is 3. The molecule has 14 heavy (non-hydrogen) atoms. The number of hydrogen-bond acceptors (Lipinski definition) is 1. The molecule has 0 aliphatic rings. The molecule has 0 aliphatic heterocycles. The molecule has 1 aromatic rings. The first-order valence-corrected chi connectivity index (χ1v) is 4.66. The maximum Gasteiger partial charge on any atom is 0.146 e. The van der Waals surface area contributed by atoms with Crippen LogP contribution in [0.2, 0.25) is 5.02 Å². The molecule has 0 fully saturated rings. The Morgan fingerprint density at radius 1 is 1.57 bits per heavy atom. The van der Waals surface area contributed by atoms with Crippen LogP contribution in [0.25, 0.3) is 6.08 Å². The van der Waals surface area contributed by atoms with Crippen LogP contribution >= 0.6 is 11.6 Å². The van der Waals surface area contributed by atoms with Crippen LogP contribution in [0.4, 0.5) is 4.39 Å². The molecule has 0 atom stereocenters. The number of carbonyl (C=O) groups is 1. The van der Waals surface area contributed by atoms with Crippen LogP contribution in [0.1, 0.15) is 18.9 Å². The van der Waals surface area contributed by atoms with Gasteiger partial charge in [0.25, 0.3) is 0 Å². The predicted octanol–water partition coefficient (Wildman–Crippen LogP) is 3.47. The molecule has 1 aromatic carbocycles. The Morgan fingerprint density at radius 2 is 2.29 bits per heavy atom. The van der Waals surface area contributed by atoms with Crippen molar-refractivity contribution < 1.29 is 9.18 Å². The number of allylic oxidation sites excluding steroid dienone is 1. The van der Waals surface area contributed by atoms with E-state index >= 15 is 0 Å². The molecular weight excluding hydrogens is 203 g/mol. The molecule has 0 aromatic heterocycles. The van der Waals surface area contributed by atoms with Gasteiger partial charge in [-0.1, -0.05) is 24.6 Å². The summed E-state index contributed by atoms with van der Waals surface area (Å²) in [7, 11) is 0. The molecule has 74 valence electrons. The highest BCUT2D eigenvalue weighted by molar-refractivity contribution is 6.32. The number of halogens is 2. The minimum atomic E-state index is -0.412. The average molecular weight is 213 g/mol. The van der Waals surface area contributed by atoms with Crippen LogP contribution in [0.3, 0.4) is 0 Å². The van der Waals surface area contributed by atoms with Crippen LogP contribution < -0.4 is 0 Å². The van der Waals surface area contributed by atoms with E-state index in [4.69, 9.17) is 11.6 Å². The van der Waals surface area contributed by atoms with E-state index in [1.165, 1.54) is 18.2 Å². The highest BCUT2D eigenvalue weighted by Gasteiger charge is 2.04. The fourth-order valence-corrected chi connectivity index (χ4v) is 1.27. The van der Waals surface area contributed by atoms with Gasteiger partial charge in [-0.15, -0.1) is 0 Å². The Balaban J connectivity index is 3.18. The zero-order chi connectivity index (χ0) is 10.6. The van der Waals surface area contributed by atoms with Gasteiger partial charge in [0.15, 0.2) is 0 Å². The molecule has 1 rings (SSSR count). The SMILES string of the molecule is CCC(C=O)=Cc1c(F)cccc1Cl. The second kappa shape index (κ2) is 4.91. The third-order valence-electron chi connectivity index (χ3n) is 1.89. The van der Waals surface area contributed by atoms with E-state index in [-0.39, 0.29) is 5.56 Å². The molecule has 0 spiro atoms. The summed E-state index contributed by atoms with van der Waals surface area (Å²) in [5.41, 5.74) is 0.801. The zero-order valence-electron chi connectivity index (χ0n) is 7.76. The molecule has 0 N–H and O–H groups in total. The predicted molar refractivity (Wildman–Crippen MR) is 55.7 cm³/mol. The topological polar surface area (TPSA) is 17.1 Å². The summed E-state index contributed by atoms with van der Waals surface area (Å²) in [5.74, 6) is -0.412. The van der Waals surface area contributed by atoms with Gasteiger partial charge in [0.2, 0.25) is 0 Å². The summed E-state index contributed by atoms with van der Waals surface area (Å²) in [4.78, 5) is 10.5. The average Bonchev–Trinajstić information content (AvgIpc) is 2.18. The monoisotopic (exact) mass is 212 g/mol. The second-order valence-electron chi connectivity index (χ2n) is 2.83. The molecule has 0 saturated carbocycles. The van der Waals surface area contributed by atoms with Crippen molar-refractivity contribution in [3.63, 3.8) is 0 Å². The van der Waals surface area contributed by atoms with E-state index in [9.17, 15) is 9.18 Å². The molecule has 3 heteroatoms. The molecule has 0 amide bonds. The molecular formula is C11H10ClFO. The molecule has 0 saturated heterocycles. The van der Waals surface area contributed by atoms with Crippen molar-refractivity contribution in [3.05, 3.63) is 40.2 Å². The van der Waals surface area contributed by atoms with Gasteiger partial charge in [-0.05, 0) is 30.2 Å². The van der Waals surface area contributed by atoms with Crippen molar-refractivity contribution in [2.75, 3.05) is 0 Å². The fourth-order valence-electron chi connectivity index (χ4n) is 1.05. The Morgan fingerprint density at radius 3 is 2.79 bits per heavy atom. The maximum absolute atomic E-state index is 13.2. The van der Waals surface area contributed by atoms with Gasteiger partial charge in [-0.3, -0.25) is 4.79 Å². The second-order valence-corrected chi connectivity index (χ2v) is 3.23. The first-order chi connectivity index (χ1) is 6.69. The molecule has 0 radical (unpaired) electrons. The standard InChI is InChI=1S/C11H10ClFO/c1-2-8(7-14)6-9-10(12)4-3-5-11(9)13/h3-7H,2H2,1H3. The number of hydrogen-bond donors (Lipinski definition) is 0. The normalized spacial score (nSPS) is 11.5. The van der Waals surface area contributed by atoms with Gasteiger partial charge < -0.3 is 0 Å². The van der Waals surface area contributed by atoms with Gasteiger partial charge in [0.05, 0.1) is 5.02 Å². The van der Waals surface area contributed by atoms with Crippen molar-refractivity contribution in [2.45, 2.75) is 13.3 Å². The summed E-state index contributed by atoms with van der Waals surface area (Å²) in [6, 6.07) is 4.44. The van der Waals surface area contributed by atoms with Crippen molar-refractivity contribution >= 4 is 24.0 Å². The Hall–Kier alpha value is -1.15. The lowest BCUT2D eigenvalue weighted by atomic mass is 10.1. The molecule has 0 bridgehead atoms. The Labute approximate surface area is 87.2 Å². The zero-order valence-corrected chi connectivity index (χ0v) is 8.51. The first-order valence-electron chi connectivity index (χ1n) is 4.28. The highest BCUT2D eigenvalue weighted by atomic mass is 35.5. The van der Waals surface area contributed by atoms with Gasteiger partial charge in [-0.2, -0.15) is 0 Å². The minimum Gasteiger partial charge on any atom is -0.298 e. The summed E-state index contributed by atoms with van der Waals surface area (Å²) in [6.07, 6.45) is 2.75. The quantitative estimate of drug-likeness (QED) is 0.554. The van der Waals surface area contributed by atoms with Crippen LogP contribution in [-0.4, -0.2) is 6.29 Å². The van der Waals surface area contributed by atoms with Gasteiger partial charge in [-0.25, -0.2) is 4.39 Å². The van der Waals surface area contributed by atoms with Crippen molar-refractivity contribution in [1.29, 1.82) is 0 Å². The Bertz CT molecular complexity index is 351. The van der Waals surface area contributed by atoms with Crippen LogP contribution in [0, 0.1) is 5.82 Å². The molecule has 0 unspecified atom stereocenters. The summed E-state index contributed by atoms with van der Waals surface area (Å²) in [6.45, 7) is 1.83. The van der Waals surface area contributed by atoms with Gasteiger partial charge in [0.1, 0.15) is 12.1 Å². The highest BCUT2D eigenvalue weighted by Crippen LogP contribution is 2.21. The molecule has 0 aliphatic carbocycles. The van der Waals surface area contributed by atoms with E-state index < -0.39 is 5.82 Å². The smallest absolute Gasteiger partial charge is 0.146 e. The number of benzene rings is 1. The van der Waals surface area contributed by atoms with Crippen molar-refractivity contribution in [1.82, 2.24) is 0 Å². The lowest BCUT2D eigenvalue weighted by molar-refractivity contribution is -0.104. The van der Waals surface area contributed by atoms with Crippen LogP contribution in [-0.2, 0) is 4.79 Å². The molecule has 0 heterocycles. The van der Waals surface area contributed by atoms with E-state index in [2.05, 4.69) is 0 Å². The third-order valence-corrected chi connectivity index (χ3v) is 2.22. The lowest BCUT2D eigenvalue weighted by Crippen LogP contribution is -1.87. The van der Waals surface area contributed by atoms with E-state index in [0.29, 0.717) is 23.3 Å². The van der Waals surface area contributed by atoms with Gasteiger partial charge in [0, 0.05) is 5.56 Å². The summed E-state index contributed by atoms with van der Waals surface area (Å²) >= 11 is 5.79. The van der Waals surface area contributed by atoms with Gasteiger partial charge >= 0.3 is 0 Å².